The number of thiazole rings is 1. The Labute approximate surface area is 162 Å². The summed E-state index contributed by atoms with van der Waals surface area (Å²) in [7, 11) is 0. The molecule has 0 spiro atoms. The van der Waals surface area contributed by atoms with Gasteiger partial charge in [0.05, 0.1) is 0 Å². The van der Waals surface area contributed by atoms with Gasteiger partial charge in [-0.1, -0.05) is 63.2 Å². The molecule has 0 unspecified atom stereocenters. The molecular formula is C23H30N2S. The van der Waals surface area contributed by atoms with Crippen LogP contribution in [0, 0.1) is 0 Å². The van der Waals surface area contributed by atoms with E-state index in [2.05, 4.69) is 71.4 Å². The van der Waals surface area contributed by atoms with Gasteiger partial charge in [0.2, 0.25) is 0 Å². The molecule has 1 heterocycles. The van der Waals surface area contributed by atoms with Crippen molar-refractivity contribution < 1.29 is 0 Å². The number of hydrogen-bond acceptors (Lipinski definition) is 3. The molecule has 0 fully saturated rings. The number of nitrogens with zero attached hydrogens (tertiary/aromatic N) is 2. The van der Waals surface area contributed by atoms with Gasteiger partial charge in [-0.05, 0) is 48.9 Å². The van der Waals surface area contributed by atoms with Gasteiger partial charge in [-0.3, -0.25) is 0 Å². The lowest BCUT2D eigenvalue weighted by Gasteiger charge is -2.22. The topological polar surface area (TPSA) is 16.1 Å². The largest absolute Gasteiger partial charge is 0.318 e. The Bertz CT molecular complexity index is 721. The normalized spacial score (nSPS) is 10.3. The Morgan fingerprint density at radius 2 is 1.54 bits per heavy atom. The maximum absolute atomic E-state index is 4.50. The standard InChI is InChI=1S/C22H26N2S.CH4/c1-2-3-8-19-12-14-20(15-13-19)9-7-17-24(22-23-16-18-25-22)21-10-5-4-6-11-21;/h4-6,10-16,18H,2-3,7-9,17H2,1H3;1H4. The molecule has 0 radical (unpaired) electrons. The second-order valence-corrected chi connectivity index (χ2v) is 7.20. The number of aryl methyl sites for hydroxylation is 2. The molecule has 0 aliphatic heterocycles. The van der Waals surface area contributed by atoms with Crippen molar-refractivity contribution in [3.05, 3.63) is 77.3 Å². The van der Waals surface area contributed by atoms with Crippen molar-refractivity contribution in [1.82, 2.24) is 4.98 Å². The van der Waals surface area contributed by atoms with E-state index in [0.29, 0.717) is 0 Å². The van der Waals surface area contributed by atoms with Gasteiger partial charge >= 0.3 is 0 Å². The predicted molar refractivity (Wildman–Crippen MR) is 116 cm³/mol. The maximum Gasteiger partial charge on any atom is 0.189 e. The van der Waals surface area contributed by atoms with Crippen LogP contribution in [0.25, 0.3) is 0 Å². The first kappa shape index (κ1) is 20.2. The lowest BCUT2D eigenvalue weighted by atomic mass is 10.0. The fourth-order valence-corrected chi connectivity index (χ4v) is 3.68. The average Bonchev–Trinajstić information content (AvgIpc) is 3.19. The molecule has 1 aromatic heterocycles. The minimum absolute atomic E-state index is 0. The molecule has 2 aromatic carbocycles. The number of para-hydroxylation sites is 1. The van der Waals surface area contributed by atoms with E-state index in [1.165, 1.54) is 36.1 Å². The molecule has 3 rings (SSSR count). The van der Waals surface area contributed by atoms with Crippen molar-refractivity contribution in [1.29, 1.82) is 0 Å². The first-order valence-corrected chi connectivity index (χ1v) is 10.0. The SMILES string of the molecule is C.CCCCc1ccc(CCCN(c2ccccc2)c2nccs2)cc1. The van der Waals surface area contributed by atoms with E-state index in [1.54, 1.807) is 11.3 Å². The number of hydrogen-bond donors (Lipinski definition) is 0. The molecular weight excluding hydrogens is 336 g/mol. The van der Waals surface area contributed by atoms with Crippen molar-refractivity contribution in [3.8, 4) is 0 Å². The third-order valence-corrected chi connectivity index (χ3v) is 5.20. The van der Waals surface area contributed by atoms with Crippen LogP contribution in [0.5, 0.6) is 0 Å². The third-order valence-electron chi connectivity index (χ3n) is 4.41. The van der Waals surface area contributed by atoms with Crippen LogP contribution in [0.3, 0.4) is 0 Å². The summed E-state index contributed by atoms with van der Waals surface area (Å²) in [5.41, 5.74) is 4.10. The van der Waals surface area contributed by atoms with Gasteiger partial charge in [-0.15, -0.1) is 11.3 Å². The van der Waals surface area contributed by atoms with Crippen molar-refractivity contribution in [3.63, 3.8) is 0 Å². The molecule has 0 atom stereocenters. The van der Waals surface area contributed by atoms with Crippen molar-refractivity contribution in [2.75, 3.05) is 11.4 Å². The number of rotatable bonds is 9. The summed E-state index contributed by atoms with van der Waals surface area (Å²) in [4.78, 5) is 6.82. The molecule has 3 heteroatoms. The van der Waals surface area contributed by atoms with Gasteiger partial charge in [0.15, 0.2) is 5.13 Å². The predicted octanol–water partition coefficient (Wildman–Crippen LogP) is 6.89. The van der Waals surface area contributed by atoms with E-state index >= 15 is 0 Å². The summed E-state index contributed by atoms with van der Waals surface area (Å²) in [5.74, 6) is 0. The van der Waals surface area contributed by atoms with Crippen LogP contribution < -0.4 is 4.90 Å². The fraction of sp³-hybridized carbons (Fsp3) is 0.348. The van der Waals surface area contributed by atoms with Crippen LogP contribution in [0.2, 0.25) is 0 Å². The van der Waals surface area contributed by atoms with E-state index in [1.807, 2.05) is 11.6 Å². The van der Waals surface area contributed by atoms with Gasteiger partial charge < -0.3 is 4.90 Å². The number of anilines is 2. The fourth-order valence-electron chi connectivity index (χ4n) is 2.99. The zero-order chi connectivity index (χ0) is 17.3. The molecule has 0 bridgehead atoms. The molecule has 3 aromatic rings. The summed E-state index contributed by atoms with van der Waals surface area (Å²) in [6.45, 7) is 3.23. The van der Waals surface area contributed by atoms with E-state index in [9.17, 15) is 0 Å². The third kappa shape index (κ3) is 5.70. The van der Waals surface area contributed by atoms with Crippen LogP contribution in [0.4, 0.5) is 10.8 Å². The molecule has 0 amide bonds. The number of benzene rings is 2. The van der Waals surface area contributed by atoms with Gasteiger partial charge in [0, 0.05) is 23.8 Å². The second kappa shape index (κ2) is 10.8. The van der Waals surface area contributed by atoms with E-state index in [4.69, 9.17) is 0 Å². The minimum Gasteiger partial charge on any atom is -0.318 e. The van der Waals surface area contributed by atoms with Crippen molar-refractivity contribution >= 4 is 22.2 Å². The lowest BCUT2D eigenvalue weighted by Crippen LogP contribution is -2.18. The van der Waals surface area contributed by atoms with E-state index < -0.39 is 0 Å². The smallest absolute Gasteiger partial charge is 0.189 e. The minimum atomic E-state index is 0. The second-order valence-electron chi connectivity index (χ2n) is 6.33. The Kier molecular flexibility index (Phi) is 8.36. The summed E-state index contributed by atoms with van der Waals surface area (Å²) in [5, 5.41) is 3.11. The van der Waals surface area contributed by atoms with E-state index in [-0.39, 0.29) is 7.43 Å². The number of aromatic nitrogens is 1. The number of unbranched alkanes of at least 4 members (excludes halogenated alkanes) is 1. The summed E-state index contributed by atoms with van der Waals surface area (Å²) >= 11 is 1.70. The molecule has 0 N–H and O–H groups in total. The highest BCUT2D eigenvalue weighted by Crippen LogP contribution is 2.27. The zero-order valence-corrected chi connectivity index (χ0v) is 15.7. The van der Waals surface area contributed by atoms with Crippen LogP contribution in [0.15, 0.2) is 66.2 Å². The molecule has 2 nitrogen and oxygen atoms in total. The summed E-state index contributed by atoms with van der Waals surface area (Å²) < 4.78 is 0. The first-order chi connectivity index (χ1) is 12.4. The average molecular weight is 367 g/mol. The summed E-state index contributed by atoms with van der Waals surface area (Å²) in [6.07, 6.45) is 7.83. The Morgan fingerprint density at radius 3 is 2.12 bits per heavy atom. The molecule has 0 aliphatic rings. The van der Waals surface area contributed by atoms with Gasteiger partial charge in [0.1, 0.15) is 0 Å². The highest BCUT2D eigenvalue weighted by molar-refractivity contribution is 7.13. The Hall–Kier alpha value is -2.13. The van der Waals surface area contributed by atoms with Crippen LogP contribution >= 0.6 is 11.3 Å². The molecule has 26 heavy (non-hydrogen) atoms. The lowest BCUT2D eigenvalue weighted by molar-refractivity contribution is 0.790. The summed E-state index contributed by atoms with van der Waals surface area (Å²) in [6, 6.07) is 19.7. The molecule has 0 saturated carbocycles. The monoisotopic (exact) mass is 366 g/mol. The molecule has 138 valence electrons. The highest BCUT2D eigenvalue weighted by atomic mass is 32.1. The van der Waals surface area contributed by atoms with Gasteiger partial charge in [0.25, 0.3) is 0 Å². The molecule has 0 aliphatic carbocycles. The maximum atomic E-state index is 4.50. The first-order valence-electron chi connectivity index (χ1n) is 9.16. The zero-order valence-electron chi connectivity index (χ0n) is 14.9. The quantitative estimate of drug-likeness (QED) is 0.410. The Morgan fingerprint density at radius 1 is 0.885 bits per heavy atom. The van der Waals surface area contributed by atoms with Crippen molar-refractivity contribution in [2.45, 2.75) is 46.5 Å². The van der Waals surface area contributed by atoms with E-state index in [0.717, 1.165) is 24.5 Å². The van der Waals surface area contributed by atoms with Crippen molar-refractivity contribution in [2.24, 2.45) is 0 Å². The van der Waals surface area contributed by atoms with Crippen LogP contribution in [0.1, 0.15) is 44.7 Å². The molecule has 0 saturated heterocycles. The Balaban J connectivity index is 0.00000243. The van der Waals surface area contributed by atoms with Gasteiger partial charge in [-0.2, -0.15) is 0 Å². The van der Waals surface area contributed by atoms with Crippen LogP contribution in [-0.4, -0.2) is 11.5 Å². The van der Waals surface area contributed by atoms with Gasteiger partial charge in [-0.25, -0.2) is 4.98 Å². The van der Waals surface area contributed by atoms with Crippen LogP contribution in [-0.2, 0) is 12.8 Å². The highest BCUT2D eigenvalue weighted by Gasteiger charge is 2.11.